The molecule has 0 aliphatic heterocycles. The van der Waals surface area contributed by atoms with Crippen molar-refractivity contribution >= 4 is 23.2 Å². The van der Waals surface area contributed by atoms with E-state index in [0.29, 0.717) is 18.2 Å². The van der Waals surface area contributed by atoms with E-state index < -0.39 is 0 Å². The zero-order valence-corrected chi connectivity index (χ0v) is 13.3. The van der Waals surface area contributed by atoms with Crippen molar-refractivity contribution in [1.82, 2.24) is 20.3 Å². The molecule has 0 spiro atoms. The number of carbonyl (C=O) groups is 1. The normalized spacial score (nSPS) is 10.4. The Hall–Kier alpha value is -2.02. The topological polar surface area (TPSA) is 79.8 Å². The quantitative estimate of drug-likeness (QED) is 0.851. The van der Waals surface area contributed by atoms with E-state index in [0.717, 1.165) is 23.5 Å². The first-order chi connectivity index (χ1) is 10.1. The number of nitrogens with zero attached hydrogens (tertiary/aromatic N) is 3. The summed E-state index contributed by atoms with van der Waals surface area (Å²) >= 11 is 1.69. The Kier molecular flexibility index (Phi) is 5.21. The van der Waals surface area contributed by atoms with E-state index in [1.54, 1.807) is 24.5 Å². The lowest BCUT2D eigenvalue weighted by Gasteiger charge is -2.06. The molecule has 2 N–H and O–H groups in total. The van der Waals surface area contributed by atoms with E-state index in [9.17, 15) is 4.79 Å². The van der Waals surface area contributed by atoms with Crippen LogP contribution in [-0.2, 0) is 12.8 Å². The lowest BCUT2D eigenvalue weighted by molar-refractivity contribution is 0.0949. The molecular formula is C14H19N5OS. The van der Waals surface area contributed by atoms with Crippen LogP contribution >= 0.6 is 11.3 Å². The maximum atomic E-state index is 12.1. The fraction of sp³-hybridized carbons (Fsp3) is 0.429. The highest BCUT2D eigenvalue weighted by Crippen LogP contribution is 2.13. The van der Waals surface area contributed by atoms with Crippen molar-refractivity contribution in [3.05, 3.63) is 33.5 Å². The minimum atomic E-state index is -0.190. The molecule has 7 heteroatoms. The third-order valence-corrected chi connectivity index (χ3v) is 4.09. The molecule has 0 aliphatic carbocycles. The molecule has 0 aliphatic rings. The SMILES string of the molecule is CCc1cnc(CCNC(=O)c2cc(C)nc(NC)n2)s1. The Balaban J connectivity index is 1.91. The minimum Gasteiger partial charge on any atom is -0.357 e. The van der Waals surface area contributed by atoms with Gasteiger partial charge in [0.2, 0.25) is 5.95 Å². The summed E-state index contributed by atoms with van der Waals surface area (Å²) in [5.74, 6) is 0.261. The summed E-state index contributed by atoms with van der Waals surface area (Å²) in [6.45, 7) is 4.49. The van der Waals surface area contributed by atoms with E-state index in [1.165, 1.54) is 4.88 Å². The van der Waals surface area contributed by atoms with Crippen molar-refractivity contribution in [3.8, 4) is 0 Å². The van der Waals surface area contributed by atoms with E-state index in [2.05, 4.69) is 32.5 Å². The van der Waals surface area contributed by atoms with Crippen LogP contribution in [0.15, 0.2) is 12.3 Å². The second-order valence-corrected chi connectivity index (χ2v) is 5.75. The molecule has 2 rings (SSSR count). The van der Waals surface area contributed by atoms with Crippen LogP contribution in [0, 0.1) is 6.92 Å². The number of hydrogen-bond donors (Lipinski definition) is 2. The molecular weight excluding hydrogens is 286 g/mol. The first-order valence-corrected chi connectivity index (χ1v) is 7.69. The largest absolute Gasteiger partial charge is 0.357 e. The van der Waals surface area contributed by atoms with Gasteiger partial charge in [-0.3, -0.25) is 4.79 Å². The Bertz CT molecular complexity index is 626. The monoisotopic (exact) mass is 305 g/mol. The Morgan fingerprint density at radius 3 is 2.86 bits per heavy atom. The summed E-state index contributed by atoms with van der Waals surface area (Å²) in [6.07, 6.45) is 3.63. The fourth-order valence-corrected chi connectivity index (χ4v) is 2.66. The van der Waals surface area contributed by atoms with E-state index in [-0.39, 0.29) is 5.91 Å². The molecule has 112 valence electrons. The first kappa shape index (κ1) is 15.4. The van der Waals surface area contributed by atoms with Crippen LogP contribution in [0.25, 0.3) is 0 Å². The Morgan fingerprint density at radius 1 is 1.38 bits per heavy atom. The first-order valence-electron chi connectivity index (χ1n) is 6.87. The lowest BCUT2D eigenvalue weighted by Crippen LogP contribution is -2.27. The molecule has 6 nitrogen and oxygen atoms in total. The summed E-state index contributed by atoms with van der Waals surface area (Å²) in [5.41, 5.74) is 1.13. The second-order valence-electron chi connectivity index (χ2n) is 4.55. The van der Waals surface area contributed by atoms with Gasteiger partial charge in [-0.15, -0.1) is 11.3 Å². The van der Waals surface area contributed by atoms with Gasteiger partial charge in [-0.2, -0.15) is 0 Å². The van der Waals surface area contributed by atoms with Crippen LogP contribution in [0.5, 0.6) is 0 Å². The van der Waals surface area contributed by atoms with Crippen LogP contribution in [0.2, 0.25) is 0 Å². The molecule has 0 radical (unpaired) electrons. The average molecular weight is 305 g/mol. The highest BCUT2D eigenvalue weighted by Gasteiger charge is 2.10. The molecule has 0 bridgehead atoms. The Morgan fingerprint density at radius 2 is 2.19 bits per heavy atom. The summed E-state index contributed by atoms with van der Waals surface area (Å²) in [7, 11) is 1.73. The minimum absolute atomic E-state index is 0.190. The molecule has 0 fully saturated rings. The predicted molar refractivity (Wildman–Crippen MR) is 83.8 cm³/mol. The van der Waals surface area contributed by atoms with Crippen molar-refractivity contribution in [1.29, 1.82) is 0 Å². The number of thiazole rings is 1. The van der Waals surface area contributed by atoms with Crippen LogP contribution < -0.4 is 10.6 Å². The highest BCUT2D eigenvalue weighted by atomic mass is 32.1. The van der Waals surface area contributed by atoms with Crippen molar-refractivity contribution in [2.24, 2.45) is 0 Å². The summed E-state index contributed by atoms with van der Waals surface area (Å²) in [6, 6.07) is 1.68. The number of hydrogen-bond acceptors (Lipinski definition) is 6. The van der Waals surface area contributed by atoms with Crippen molar-refractivity contribution in [2.45, 2.75) is 26.7 Å². The van der Waals surface area contributed by atoms with E-state index >= 15 is 0 Å². The van der Waals surface area contributed by atoms with Crippen molar-refractivity contribution < 1.29 is 4.79 Å². The summed E-state index contributed by atoms with van der Waals surface area (Å²) in [4.78, 5) is 26.0. The molecule has 0 atom stereocenters. The molecule has 2 aromatic heterocycles. The maximum absolute atomic E-state index is 12.1. The standard InChI is InChI=1S/C14H19N5OS/c1-4-10-8-17-12(21-10)5-6-16-13(20)11-7-9(2)18-14(15-3)19-11/h7-8H,4-6H2,1-3H3,(H,16,20)(H,15,18,19). The molecule has 2 heterocycles. The molecule has 0 unspecified atom stereocenters. The van der Waals surface area contributed by atoms with Gasteiger partial charge in [0.05, 0.1) is 5.01 Å². The van der Waals surface area contributed by atoms with Gasteiger partial charge < -0.3 is 10.6 Å². The average Bonchev–Trinajstić information content (AvgIpc) is 2.94. The Labute approximate surface area is 128 Å². The van der Waals surface area contributed by atoms with Crippen LogP contribution in [0.4, 0.5) is 5.95 Å². The zero-order valence-electron chi connectivity index (χ0n) is 12.4. The van der Waals surface area contributed by atoms with Crippen molar-refractivity contribution in [2.75, 3.05) is 18.9 Å². The molecule has 0 aromatic carbocycles. The zero-order chi connectivity index (χ0) is 15.2. The lowest BCUT2D eigenvalue weighted by atomic mass is 10.3. The number of anilines is 1. The van der Waals surface area contributed by atoms with Gasteiger partial charge in [-0.1, -0.05) is 6.92 Å². The number of aromatic nitrogens is 3. The fourth-order valence-electron chi connectivity index (χ4n) is 1.80. The number of rotatable bonds is 6. The maximum Gasteiger partial charge on any atom is 0.270 e. The molecule has 0 saturated carbocycles. The third-order valence-electron chi connectivity index (χ3n) is 2.88. The smallest absolute Gasteiger partial charge is 0.270 e. The van der Waals surface area contributed by atoms with E-state index in [1.807, 2.05) is 13.1 Å². The van der Waals surface area contributed by atoms with Gasteiger partial charge in [-0.05, 0) is 19.4 Å². The van der Waals surface area contributed by atoms with Gasteiger partial charge >= 0.3 is 0 Å². The number of nitrogens with one attached hydrogen (secondary N) is 2. The number of amides is 1. The second kappa shape index (κ2) is 7.12. The molecule has 2 aromatic rings. The molecule has 21 heavy (non-hydrogen) atoms. The van der Waals surface area contributed by atoms with Crippen LogP contribution in [0.3, 0.4) is 0 Å². The van der Waals surface area contributed by atoms with Crippen LogP contribution in [-0.4, -0.2) is 34.5 Å². The summed E-state index contributed by atoms with van der Waals surface area (Å²) < 4.78 is 0. The molecule has 1 amide bonds. The molecule has 0 saturated heterocycles. The van der Waals surface area contributed by atoms with Gasteiger partial charge in [0.1, 0.15) is 5.69 Å². The number of carbonyl (C=O) groups excluding carboxylic acids is 1. The van der Waals surface area contributed by atoms with Crippen LogP contribution in [0.1, 0.15) is 33.0 Å². The number of aryl methyl sites for hydroxylation is 2. The van der Waals surface area contributed by atoms with Gasteiger partial charge in [0.25, 0.3) is 5.91 Å². The summed E-state index contributed by atoms with van der Waals surface area (Å²) in [5, 5.41) is 6.75. The van der Waals surface area contributed by atoms with Gasteiger partial charge in [0, 0.05) is 36.8 Å². The van der Waals surface area contributed by atoms with E-state index in [4.69, 9.17) is 0 Å². The van der Waals surface area contributed by atoms with Gasteiger partial charge in [0.15, 0.2) is 0 Å². The van der Waals surface area contributed by atoms with Gasteiger partial charge in [-0.25, -0.2) is 15.0 Å². The van der Waals surface area contributed by atoms with Crippen molar-refractivity contribution in [3.63, 3.8) is 0 Å². The highest BCUT2D eigenvalue weighted by molar-refractivity contribution is 7.11. The third kappa shape index (κ3) is 4.22. The predicted octanol–water partition coefficient (Wildman–Crippen LogP) is 1.82.